The van der Waals surface area contributed by atoms with E-state index in [-0.39, 0.29) is 27.8 Å². The first-order valence-electron chi connectivity index (χ1n) is 7.09. The van der Waals surface area contributed by atoms with Gasteiger partial charge in [-0.25, -0.2) is 18.4 Å². The maximum Gasteiger partial charge on any atom is 0.339 e. The van der Waals surface area contributed by atoms with E-state index in [9.17, 15) is 18.0 Å². The number of sulfonamides is 1. The molecule has 0 aliphatic rings. The Morgan fingerprint density at radius 2 is 1.70 bits per heavy atom. The summed E-state index contributed by atoms with van der Waals surface area (Å²) in [5.41, 5.74) is 0.0549. The van der Waals surface area contributed by atoms with Crippen molar-refractivity contribution in [1.82, 2.24) is 4.90 Å². The number of thiophene rings is 1. The summed E-state index contributed by atoms with van der Waals surface area (Å²) in [7, 11) is -3.86. The van der Waals surface area contributed by atoms with Gasteiger partial charge in [0.1, 0.15) is 4.21 Å². The van der Waals surface area contributed by atoms with Crippen molar-refractivity contribution in [3.63, 3.8) is 0 Å². The minimum Gasteiger partial charge on any atom is -0.449 e. The number of amides is 1. The second kappa shape index (κ2) is 7.41. The molecule has 23 heavy (non-hydrogen) atoms. The van der Waals surface area contributed by atoms with Gasteiger partial charge in [0.25, 0.3) is 5.91 Å². The molecule has 1 rings (SSSR count). The van der Waals surface area contributed by atoms with E-state index in [2.05, 4.69) is 0 Å². The van der Waals surface area contributed by atoms with Crippen LogP contribution in [0.3, 0.4) is 0 Å². The van der Waals surface area contributed by atoms with Crippen molar-refractivity contribution in [2.75, 3.05) is 0 Å². The van der Waals surface area contributed by atoms with Crippen molar-refractivity contribution in [2.24, 2.45) is 5.14 Å². The SMILES string of the molecule is CC(OC(=O)c1csc(S(N)(=O)=O)c1)C(=O)N(C(C)C)C(C)C. The van der Waals surface area contributed by atoms with Crippen LogP contribution in [-0.4, -0.2) is 43.4 Å². The number of hydrogen-bond donors (Lipinski definition) is 1. The fraction of sp³-hybridized carbons (Fsp3) is 0.571. The average molecular weight is 362 g/mol. The molecule has 1 atom stereocenters. The zero-order valence-electron chi connectivity index (χ0n) is 13.8. The van der Waals surface area contributed by atoms with Crippen LogP contribution < -0.4 is 5.14 Å². The third-order valence-corrected chi connectivity index (χ3v) is 5.48. The molecule has 2 N–H and O–H groups in total. The van der Waals surface area contributed by atoms with Gasteiger partial charge in [-0.15, -0.1) is 11.3 Å². The highest BCUT2D eigenvalue weighted by molar-refractivity contribution is 7.91. The molecule has 9 heteroatoms. The topological polar surface area (TPSA) is 107 Å². The summed E-state index contributed by atoms with van der Waals surface area (Å²) in [6.07, 6.45) is -0.967. The Morgan fingerprint density at radius 3 is 2.09 bits per heavy atom. The van der Waals surface area contributed by atoms with Gasteiger partial charge >= 0.3 is 5.97 Å². The number of esters is 1. The molecule has 0 aromatic carbocycles. The Hall–Kier alpha value is -1.45. The van der Waals surface area contributed by atoms with E-state index in [4.69, 9.17) is 9.88 Å². The van der Waals surface area contributed by atoms with E-state index in [0.717, 1.165) is 17.4 Å². The smallest absolute Gasteiger partial charge is 0.339 e. The van der Waals surface area contributed by atoms with Crippen LogP contribution in [0.4, 0.5) is 0 Å². The van der Waals surface area contributed by atoms with Crippen LogP contribution in [0.5, 0.6) is 0 Å². The van der Waals surface area contributed by atoms with Crippen molar-refractivity contribution in [2.45, 2.75) is 57.0 Å². The average Bonchev–Trinajstić information content (AvgIpc) is 2.86. The number of carbonyl (C=O) groups is 2. The van der Waals surface area contributed by atoms with Crippen molar-refractivity contribution in [1.29, 1.82) is 0 Å². The molecule has 1 amide bonds. The summed E-state index contributed by atoms with van der Waals surface area (Å²) in [5, 5.41) is 6.33. The fourth-order valence-electron chi connectivity index (χ4n) is 2.17. The van der Waals surface area contributed by atoms with Gasteiger partial charge in [0.05, 0.1) is 5.56 Å². The zero-order chi connectivity index (χ0) is 17.9. The van der Waals surface area contributed by atoms with Gasteiger partial charge in [-0.3, -0.25) is 4.79 Å². The van der Waals surface area contributed by atoms with Crippen LogP contribution in [0.15, 0.2) is 15.7 Å². The van der Waals surface area contributed by atoms with Crippen LogP contribution in [0.1, 0.15) is 45.0 Å². The molecule has 1 unspecified atom stereocenters. The molecule has 130 valence electrons. The number of nitrogens with two attached hydrogens (primary N) is 1. The number of rotatable bonds is 6. The summed E-state index contributed by atoms with van der Waals surface area (Å²) < 4.78 is 27.4. The molecular formula is C14H22N2O5S2. The van der Waals surface area contributed by atoms with E-state index >= 15 is 0 Å². The molecule has 0 spiro atoms. The number of nitrogens with zero attached hydrogens (tertiary/aromatic N) is 1. The lowest BCUT2D eigenvalue weighted by molar-refractivity contribution is -0.143. The lowest BCUT2D eigenvalue weighted by Crippen LogP contribution is -2.47. The van der Waals surface area contributed by atoms with Crippen molar-refractivity contribution in [3.8, 4) is 0 Å². The maximum absolute atomic E-state index is 12.4. The Bertz CT molecular complexity index is 671. The second-order valence-corrected chi connectivity index (χ2v) is 8.38. The Morgan fingerprint density at radius 1 is 1.17 bits per heavy atom. The van der Waals surface area contributed by atoms with Crippen molar-refractivity contribution >= 4 is 33.2 Å². The van der Waals surface area contributed by atoms with Gasteiger partial charge in [-0.2, -0.15) is 0 Å². The monoisotopic (exact) mass is 362 g/mol. The van der Waals surface area contributed by atoms with Gasteiger partial charge < -0.3 is 9.64 Å². The molecule has 0 radical (unpaired) electrons. The van der Waals surface area contributed by atoms with Gasteiger partial charge in [0.15, 0.2) is 6.10 Å². The fourth-order valence-corrected chi connectivity index (χ4v) is 3.74. The molecule has 1 aromatic rings. The van der Waals surface area contributed by atoms with Gasteiger partial charge in [-0.1, -0.05) is 0 Å². The molecule has 0 aliphatic heterocycles. The Labute approximate surface area is 140 Å². The lowest BCUT2D eigenvalue weighted by atomic mass is 10.2. The van der Waals surface area contributed by atoms with Gasteiger partial charge in [0, 0.05) is 17.5 Å². The predicted octanol–water partition coefficient (Wildman–Crippen LogP) is 1.59. The number of carbonyl (C=O) groups excluding carboxylic acids is 2. The summed E-state index contributed by atoms with van der Waals surface area (Å²) in [4.78, 5) is 26.1. The largest absolute Gasteiger partial charge is 0.449 e. The highest BCUT2D eigenvalue weighted by Gasteiger charge is 2.28. The standard InChI is InChI=1S/C14H22N2O5S2/c1-8(2)16(9(3)4)13(17)10(5)21-14(18)11-6-12(22-7-11)23(15,19)20/h6-10H,1-5H3,(H2,15,19,20). The highest BCUT2D eigenvalue weighted by atomic mass is 32.2. The third kappa shape index (κ3) is 5.02. The van der Waals surface area contributed by atoms with E-state index in [1.54, 1.807) is 4.90 Å². The minimum absolute atomic E-state index is 0.0289. The van der Waals surface area contributed by atoms with Gasteiger partial charge in [0.2, 0.25) is 10.0 Å². The summed E-state index contributed by atoms with van der Waals surface area (Å²) in [5.74, 6) is -1.06. The Kier molecular flexibility index (Phi) is 6.32. The maximum atomic E-state index is 12.4. The van der Waals surface area contributed by atoms with E-state index in [1.807, 2.05) is 27.7 Å². The quantitative estimate of drug-likeness (QED) is 0.773. The normalized spacial score (nSPS) is 13.2. The number of ether oxygens (including phenoxy) is 1. The first-order valence-corrected chi connectivity index (χ1v) is 9.52. The van der Waals surface area contributed by atoms with E-state index in [0.29, 0.717) is 0 Å². The molecule has 0 bridgehead atoms. The minimum atomic E-state index is -3.86. The summed E-state index contributed by atoms with van der Waals surface area (Å²) in [6, 6.07) is 1.08. The first kappa shape index (κ1) is 19.6. The van der Waals surface area contributed by atoms with Crippen LogP contribution in [-0.2, 0) is 19.6 Å². The van der Waals surface area contributed by atoms with E-state index < -0.39 is 22.1 Å². The van der Waals surface area contributed by atoms with E-state index in [1.165, 1.54) is 12.3 Å². The lowest BCUT2D eigenvalue weighted by Gasteiger charge is -2.32. The van der Waals surface area contributed by atoms with Crippen molar-refractivity contribution in [3.05, 3.63) is 17.0 Å². The molecule has 0 fully saturated rings. The van der Waals surface area contributed by atoms with Gasteiger partial charge in [-0.05, 0) is 40.7 Å². The highest BCUT2D eigenvalue weighted by Crippen LogP contribution is 2.20. The van der Waals surface area contributed by atoms with Crippen LogP contribution in [0.25, 0.3) is 0 Å². The zero-order valence-corrected chi connectivity index (χ0v) is 15.4. The summed E-state index contributed by atoms with van der Waals surface area (Å²) in [6.45, 7) is 9.01. The molecular weight excluding hydrogens is 340 g/mol. The summed E-state index contributed by atoms with van der Waals surface area (Å²) >= 11 is 0.827. The number of hydrogen-bond acceptors (Lipinski definition) is 6. The predicted molar refractivity (Wildman–Crippen MR) is 87.7 cm³/mol. The molecule has 0 saturated heterocycles. The molecule has 0 aliphatic carbocycles. The molecule has 1 heterocycles. The van der Waals surface area contributed by atoms with Crippen molar-refractivity contribution < 1.29 is 22.7 Å². The Balaban J connectivity index is 2.84. The second-order valence-electron chi connectivity index (χ2n) is 5.68. The van der Waals surface area contributed by atoms with Crippen LogP contribution in [0, 0.1) is 0 Å². The first-order chi connectivity index (χ1) is 10.4. The van der Waals surface area contributed by atoms with Crippen LogP contribution in [0.2, 0.25) is 0 Å². The molecule has 0 saturated carbocycles. The van der Waals surface area contributed by atoms with Crippen LogP contribution >= 0.6 is 11.3 Å². The number of primary sulfonamides is 1. The molecule has 1 aromatic heterocycles. The molecule has 7 nitrogen and oxygen atoms in total. The third-order valence-electron chi connectivity index (χ3n) is 3.09.